The standard InChI is InChI=1S/C17H20N2O3/c1-4-22-16-7-5-14(6-8-16)18-17(21)11-19-12(2)9-15(20)10-13(19)3/h5-10H,4,11H2,1-3H3,(H,18,21). The molecule has 0 saturated heterocycles. The van der Waals surface area contributed by atoms with Gasteiger partial charge in [0.25, 0.3) is 0 Å². The molecule has 0 aliphatic rings. The molecule has 0 atom stereocenters. The van der Waals surface area contributed by atoms with Crippen molar-refractivity contribution in [1.82, 2.24) is 4.57 Å². The molecule has 1 heterocycles. The molecule has 1 amide bonds. The largest absolute Gasteiger partial charge is 0.494 e. The maximum absolute atomic E-state index is 12.1. The van der Waals surface area contributed by atoms with Crippen molar-refractivity contribution in [2.75, 3.05) is 11.9 Å². The first kappa shape index (κ1) is 15.8. The summed E-state index contributed by atoms with van der Waals surface area (Å²) in [5, 5.41) is 2.84. The molecule has 5 heteroatoms. The number of rotatable bonds is 5. The molecule has 0 bridgehead atoms. The van der Waals surface area contributed by atoms with Crippen LogP contribution in [0.4, 0.5) is 5.69 Å². The van der Waals surface area contributed by atoms with Crippen molar-refractivity contribution in [3.05, 3.63) is 58.0 Å². The van der Waals surface area contributed by atoms with Gasteiger partial charge in [-0.2, -0.15) is 0 Å². The number of ether oxygens (including phenoxy) is 1. The Hall–Kier alpha value is -2.56. The Bertz CT molecular complexity index is 691. The van der Waals surface area contributed by atoms with E-state index in [1.807, 2.05) is 37.5 Å². The van der Waals surface area contributed by atoms with Gasteiger partial charge in [0.1, 0.15) is 12.3 Å². The van der Waals surface area contributed by atoms with E-state index in [0.29, 0.717) is 12.3 Å². The third-order valence-electron chi connectivity index (χ3n) is 3.30. The minimum Gasteiger partial charge on any atom is -0.494 e. The first-order valence-corrected chi connectivity index (χ1v) is 7.20. The maximum atomic E-state index is 12.1. The molecule has 2 aromatic rings. The molecule has 0 aliphatic carbocycles. The summed E-state index contributed by atoms with van der Waals surface area (Å²) in [6.07, 6.45) is 0. The molecule has 1 N–H and O–H groups in total. The molecule has 0 fully saturated rings. The zero-order valence-electron chi connectivity index (χ0n) is 13.1. The molecular formula is C17H20N2O3. The monoisotopic (exact) mass is 300 g/mol. The quantitative estimate of drug-likeness (QED) is 0.923. The molecule has 0 spiro atoms. The predicted octanol–water partition coefficient (Wildman–Crippen LogP) is 2.50. The lowest BCUT2D eigenvalue weighted by Gasteiger charge is -2.14. The van der Waals surface area contributed by atoms with Crippen LogP contribution in [0, 0.1) is 13.8 Å². The van der Waals surface area contributed by atoms with Crippen LogP contribution in [0.3, 0.4) is 0 Å². The molecule has 0 unspecified atom stereocenters. The van der Waals surface area contributed by atoms with E-state index in [4.69, 9.17) is 4.74 Å². The lowest BCUT2D eigenvalue weighted by molar-refractivity contribution is -0.116. The number of anilines is 1. The van der Waals surface area contributed by atoms with Gasteiger partial charge >= 0.3 is 0 Å². The second-order valence-corrected chi connectivity index (χ2v) is 5.07. The number of carbonyl (C=O) groups excluding carboxylic acids is 1. The summed E-state index contributed by atoms with van der Waals surface area (Å²) in [7, 11) is 0. The van der Waals surface area contributed by atoms with E-state index < -0.39 is 0 Å². The molecule has 0 saturated carbocycles. The summed E-state index contributed by atoms with van der Waals surface area (Å²) >= 11 is 0. The molecule has 116 valence electrons. The summed E-state index contributed by atoms with van der Waals surface area (Å²) in [5.41, 5.74) is 2.21. The average Bonchev–Trinajstić information content (AvgIpc) is 2.45. The van der Waals surface area contributed by atoms with Gasteiger partial charge in [-0.25, -0.2) is 0 Å². The molecule has 1 aromatic carbocycles. The van der Waals surface area contributed by atoms with Gasteiger partial charge in [-0.1, -0.05) is 0 Å². The Morgan fingerprint density at radius 1 is 1.14 bits per heavy atom. The van der Waals surface area contributed by atoms with Crippen LogP contribution in [0.15, 0.2) is 41.2 Å². The number of hydrogen-bond donors (Lipinski definition) is 1. The number of hydrogen-bond acceptors (Lipinski definition) is 3. The van der Waals surface area contributed by atoms with E-state index in [9.17, 15) is 9.59 Å². The summed E-state index contributed by atoms with van der Waals surface area (Å²) in [4.78, 5) is 23.5. The van der Waals surface area contributed by atoms with Crippen LogP contribution in [0.5, 0.6) is 5.75 Å². The first-order valence-electron chi connectivity index (χ1n) is 7.20. The third-order valence-corrected chi connectivity index (χ3v) is 3.30. The number of aryl methyl sites for hydroxylation is 2. The topological polar surface area (TPSA) is 60.3 Å². The van der Waals surface area contributed by atoms with Crippen LogP contribution in [-0.4, -0.2) is 17.1 Å². The second-order valence-electron chi connectivity index (χ2n) is 5.07. The lowest BCUT2D eigenvalue weighted by atomic mass is 10.2. The average molecular weight is 300 g/mol. The van der Waals surface area contributed by atoms with Gasteiger partial charge in [0, 0.05) is 29.2 Å². The van der Waals surface area contributed by atoms with E-state index >= 15 is 0 Å². The van der Waals surface area contributed by atoms with Gasteiger partial charge in [-0.15, -0.1) is 0 Å². The highest BCUT2D eigenvalue weighted by molar-refractivity contribution is 5.90. The van der Waals surface area contributed by atoms with E-state index in [0.717, 1.165) is 17.1 Å². The van der Waals surface area contributed by atoms with E-state index in [1.165, 1.54) is 12.1 Å². The SMILES string of the molecule is CCOc1ccc(NC(=O)Cn2c(C)cc(=O)cc2C)cc1. The molecule has 0 aliphatic heterocycles. The number of benzene rings is 1. The van der Waals surface area contributed by atoms with Crippen LogP contribution >= 0.6 is 0 Å². The third kappa shape index (κ3) is 3.97. The minimum atomic E-state index is -0.140. The molecule has 2 rings (SSSR count). The summed E-state index contributed by atoms with van der Waals surface area (Å²) in [5.74, 6) is 0.631. The Morgan fingerprint density at radius 2 is 1.73 bits per heavy atom. The molecule has 1 aromatic heterocycles. The normalized spacial score (nSPS) is 10.3. The number of nitrogens with one attached hydrogen (secondary N) is 1. The Labute approximate surface area is 129 Å². The van der Waals surface area contributed by atoms with E-state index in [2.05, 4.69) is 5.32 Å². The number of aromatic nitrogens is 1. The highest BCUT2D eigenvalue weighted by atomic mass is 16.5. The minimum absolute atomic E-state index is 0.0434. The van der Waals surface area contributed by atoms with Crippen molar-refractivity contribution < 1.29 is 9.53 Å². The van der Waals surface area contributed by atoms with E-state index in [-0.39, 0.29) is 17.9 Å². The first-order chi connectivity index (χ1) is 10.5. The van der Waals surface area contributed by atoms with Gasteiger partial charge in [0.15, 0.2) is 5.43 Å². The Balaban J connectivity index is 2.05. The van der Waals surface area contributed by atoms with Crippen molar-refractivity contribution in [2.45, 2.75) is 27.3 Å². The number of pyridine rings is 1. The number of nitrogens with zero attached hydrogens (tertiary/aromatic N) is 1. The van der Waals surface area contributed by atoms with Crippen molar-refractivity contribution in [1.29, 1.82) is 0 Å². The predicted molar refractivity (Wildman–Crippen MR) is 86.4 cm³/mol. The van der Waals surface area contributed by atoms with E-state index in [1.54, 1.807) is 12.1 Å². The molecule has 22 heavy (non-hydrogen) atoms. The van der Waals surface area contributed by atoms with Crippen molar-refractivity contribution in [3.63, 3.8) is 0 Å². The van der Waals surface area contributed by atoms with Gasteiger partial charge in [-0.05, 0) is 45.0 Å². The van der Waals surface area contributed by atoms with Crippen LogP contribution in [0.25, 0.3) is 0 Å². The summed E-state index contributed by atoms with van der Waals surface area (Å²) in [6.45, 7) is 6.34. The zero-order valence-corrected chi connectivity index (χ0v) is 13.1. The smallest absolute Gasteiger partial charge is 0.244 e. The lowest BCUT2D eigenvalue weighted by Crippen LogP contribution is -2.23. The van der Waals surface area contributed by atoms with Crippen LogP contribution in [0.1, 0.15) is 18.3 Å². The van der Waals surface area contributed by atoms with Gasteiger partial charge < -0.3 is 14.6 Å². The fraction of sp³-hybridized carbons (Fsp3) is 0.294. The second kappa shape index (κ2) is 6.93. The fourth-order valence-corrected chi connectivity index (χ4v) is 2.28. The van der Waals surface area contributed by atoms with Crippen LogP contribution in [-0.2, 0) is 11.3 Å². The van der Waals surface area contributed by atoms with Gasteiger partial charge in [-0.3, -0.25) is 9.59 Å². The number of carbonyl (C=O) groups is 1. The number of amides is 1. The van der Waals surface area contributed by atoms with Gasteiger partial charge in [0.05, 0.1) is 6.61 Å². The highest BCUT2D eigenvalue weighted by Crippen LogP contribution is 2.15. The van der Waals surface area contributed by atoms with Crippen LogP contribution < -0.4 is 15.5 Å². The van der Waals surface area contributed by atoms with Gasteiger partial charge in [0.2, 0.25) is 5.91 Å². The summed E-state index contributed by atoms with van der Waals surface area (Å²) < 4.78 is 7.17. The Morgan fingerprint density at radius 3 is 2.27 bits per heavy atom. The summed E-state index contributed by atoms with van der Waals surface area (Å²) in [6, 6.07) is 10.3. The van der Waals surface area contributed by atoms with Crippen molar-refractivity contribution in [2.24, 2.45) is 0 Å². The van der Waals surface area contributed by atoms with Crippen molar-refractivity contribution in [3.8, 4) is 5.75 Å². The van der Waals surface area contributed by atoms with Crippen LogP contribution in [0.2, 0.25) is 0 Å². The molecular weight excluding hydrogens is 280 g/mol. The molecule has 0 radical (unpaired) electrons. The fourth-order valence-electron chi connectivity index (χ4n) is 2.28. The zero-order chi connectivity index (χ0) is 16.1. The van der Waals surface area contributed by atoms with Crippen molar-refractivity contribution >= 4 is 11.6 Å². The Kier molecular flexibility index (Phi) is 4.99. The maximum Gasteiger partial charge on any atom is 0.244 e. The molecule has 5 nitrogen and oxygen atoms in total. The highest BCUT2D eigenvalue weighted by Gasteiger charge is 2.08.